The fourth-order valence-corrected chi connectivity index (χ4v) is 1.94. The largest absolute Gasteiger partial charge is 0.381 e. The maximum absolute atomic E-state index is 11.7. The van der Waals surface area contributed by atoms with E-state index in [-0.39, 0.29) is 5.91 Å². The van der Waals surface area contributed by atoms with Crippen LogP contribution in [0.3, 0.4) is 0 Å². The van der Waals surface area contributed by atoms with Gasteiger partial charge in [0.1, 0.15) is 5.38 Å². The minimum Gasteiger partial charge on any atom is -0.381 e. The number of hydrogen-bond acceptors (Lipinski definition) is 2. The van der Waals surface area contributed by atoms with Gasteiger partial charge < -0.3 is 9.64 Å². The van der Waals surface area contributed by atoms with Crippen molar-refractivity contribution in [2.45, 2.75) is 38.1 Å². The highest BCUT2D eigenvalue weighted by Crippen LogP contribution is 2.16. The number of ether oxygens (including phenoxy) is 1. The Morgan fingerprint density at radius 3 is 2.57 bits per heavy atom. The summed E-state index contributed by atoms with van der Waals surface area (Å²) in [6, 6.07) is 0.322. The van der Waals surface area contributed by atoms with E-state index in [1.54, 1.807) is 6.92 Å². The van der Waals surface area contributed by atoms with Crippen LogP contribution in [0.4, 0.5) is 0 Å². The van der Waals surface area contributed by atoms with E-state index in [1.165, 1.54) is 0 Å². The van der Waals surface area contributed by atoms with Crippen LogP contribution in [0.2, 0.25) is 0 Å². The molecule has 1 rings (SSSR count). The molecule has 1 aliphatic heterocycles. The molecule has 4 heteroatoms. The highest BCUT2D eigenvalue weighted by molar-refractivity contribution is 6.30. The molecule has 0 aromatic heterocycles. The summed E-state index contributed by atoms with van der Waals surface area (Å²) in [6.07, 6.45) is 1.87. The van der Waals surface area contributed by atoms with E-state index in [0.717, 1.165) is 32.6 Å². The number of carbonyl (C=O) groups is 1. The maximum Gasteiger partial charge on any atom is 0.240 e. The minimum absolute atomic E-state index is 0.0427. The van der Waals surface area contributed by atoms with Gasteiger partial charge >= 0.3 is 0 Å². The Labute approximate surface area is 90.4 Å². The highest BCUT2D eigenvalue weighted by atomic mass is 35.5. The van der Waals surface area contributed by atoms with Gasteiger partial charge in [0.25, 0.3) is 0 Å². The lowest BCUT2D eigenvalue weighted by Gasteiger charge is -2.34. The Morgan fingerprint density at radius 2 is 2.14 bits per heavy atom. The second-order valence-electron chi connectivity index (χ2n) is 3.58. The van der Waals surface area contributed by atoms with Crippen LogP contribution in [0.25, 0.3) is 0 Å². The molecule has 0 N–H and O–H groups in total. The first-order valence-electron chi connectivity index (χ1n) is 5.19. The molecule has 1 fully saturated rings. The van der Waals surface area contributed by atoms with Gasteiger partial charge in [-0.05, 0) is 26.7 Å². The molecular formula is C10H18ClNO2. The van der Waals surface area contributed by atoms with Gasteiger partial charge in [-0.3, -0.25) is 4.79 Å². The summed E-state index contributed by atoms with van der Waals surface area (Å²) < 4.78 is 5.26. The van der Waals surface area contributed by atoms with Gasteiger partial charge in [0.05, 0.1) is 0 Å². The van der Waals surface area contributed by atoms with E-state index in [2.05, 4.69) is 0 Å². The zero-order chi connectivity index (χ0) is 10.6. The zero-order valence-electron chi connectivity index (χ0n) is 8.83. The average molecular weight is 220 g/mol. The van der Waals surface area contributed by atoms with E-state index in [0.29, 0.717) is 6.04 Å². The van der Waals surface area contributed by atoms with Crippen LogP contribution in [-0.2, 0) is 9.53 Å². The third-order valence-corrected chi connectivity index (χ3v) is 2.78. The van der Waals surface area contributed by atoms with Crippen LogP contribution in [0, 0.1) is 0 Å². The van der Waals surface area contributed by atoms with Crippen LogP contribution < -0.4 is 0 Å². The third-order valence-electron chi connectivity index (χ3n) is 2.60. The number of nitrogens with zero attached hydrogens (tertiary/aromatic N) is 1. The molecule has 14 heavy (non-hydrogen) atoms. The maximum atomic E-state index is 11.7. The van der Waals surface area contributed by atoms with Crippen molar-refractivity contribution in [2.75, 3.05) is 19.8 Å². The number of rotatable bonds is 3. The Morgan fingerprint density at radius 1 is 1.57 bits per heavy atom. The van der Waals surface area contributed by atoms with Crippen molar-refractivity contribution in [3.63, 3.8) is 0 Å². The van der Waals surface area contributed by atoms with Crippen molar-refractivity contribution in [2.24, 2.45) is 0 Å². The fraction of sp³-hybridized carbons (Fsp3) is 0.900. The van der Waals surface area contributed by atoms with Crippen molar-refractivity contribution in [1.82, 2.24) is 4.90 Å². The average Bonchev–Trinajstić information content (AvgIpc) is 2.20. The summed E-state index contributed by atoms with van der Waals surface area (Å²) >= 11 is 5.80. The topological polar surface area (TPSA) is 29.5 Å². The molecule has 3 nitrogen and oxygen atoms in total. The van der Waals surface area contributed by atoms with Crippen molar-refractivity contribution < 1.29 is 9.53 Å². The molecular weight excluding hydrogens is 202 g/mol. The first kappa shape index (κ1) is 11.8. The predicted molar refractivity (Wildman–Crippen MR) is 56.5 cm³/mol. The predicted octanol–water partition coefficient (Wildman–Crippen LogP) is 1.64. The number of hydrogen-bond donors (Lipinski definition) is 0. The van der Waals surface area contributed by atoms with Crippen molar-refractivity contribution in [1.29, 1.82) is 0 Å². The molecule has 0 radical (unpaired) electrons. The highest BCUT2D eigenvalue weighted by Gasteiger charge is 2.26. The molecule has 1 aliphatic rings. The normalized spacial score (nSPS) is 20.5. The van der Waals surface area contributed by atoms with E-state index in [1.807, 2.05) is 11.8 Å². The molecule has 1 atom stereocenters. The van der Waals surface area contributed by atoms with Gasteiger partial charge in [0.2, 0.25) is 5.91 Å². The molecule has 0 saturated carbocycles. The van der Waals surface area contributed by atoms with Gasteiger partial charge in [-0.25, -0.2) is 0 Å². The minimum atomic E-state index is -0.419. The second kappa shape index (κ2) is 5.56. The van der Waals surface area contributed by atoms with Gasteiger partial charge in [0, 0.05) is 25.8 Å². The third kappa shape index (κ3) is 2.85. The van der Waals surface area contributed by atoms with E-state index in [4.69, 9.17) is 16.3 Å². The summed E-state index contributed by atoms with van der Waals surface area (Å²) in [7, 11) is 0. The van der Waals surface area contributed by atoms with E-state index in [9.17, 15) is 4.79 Å². The molecule has 1 saturated heterocycles. The van der Waals surface area contributed by atoms with E-state index >= 15 is 0 Å². The summed E-state index contributed by atoms with van der Waals surface area (Å²) in [4.78, 5) is 13.6. The van der Waals surface area contributed by atoms with Crippen molar-refractivity contribution >= 4 is 17.5 Å². The lowest BCUT2D eigenvalue weighted by atomic mass is 10.1. The molecule has 0 spiro atoms. The molecule has 0 unspecified atom stereocenters. The van der Waals surface area contributed by atoms with Crippen LogP contribution in [0.1, 0.15) is 26.7 Å². The molecule has 1 heterocycles. The number of carbonyl (C=O) groups excluding carboxylic acids is 1. The summed E-state index contributed by atoms with van der Waals surface area (Å²) in [5.41, 5.74) is 0. The Hall–Kier alpha value is -0.280. The van der Waals surface area contributed by atoms with Crippen molar-refractivity contribution in [3.8, 4) is 0 Å². The Balaban J connectivity index is 2.55. The Kier molecular flexibility index (Phi) is 4.69. The zero-order valence-corrected chi connectivity index (χ0v) is 9.59. The van der Waals surface area contributed by atoms with Gasteiger partial charge in [0.15, 0.2) is 0 Å². The van der Waals surface area contributed by atoms with Gasteiger partial charge in [-0.15, -0.1) is 11.6 Å². The molecule has 0 bridgehead atoms. The molecule has 82 valence electrons. The SMILES string of the molecule is CCN(C(=O)[C@@H](C)Cl)C1CCOCC1. The number of amides is 1. The number of halogens is 1. The molecule has 1 amide bonds. The van der Waals surface area contributed by atoms with Crippen LogP contribution in [0.15, 0.2) is 0 Å². The van der Waals surface area contributed by atoms with E-state index < -0.39 is 5.38 Å². The second-order valence-corrected chi connectivity index (χ2v) is 4.24. The molecule has 0 aromatic rings. The van der Waals surface area contributed by atoms with Crippen LogP contribution in [0.5, 0.6) is 0 Å². The molecule has 0 aliphatic carbocycles. The Bertz CT molecular complexity index is 191. The summed E-state index contributed by atoms with van der Waals surface area (Å²) in [6.45, 7) is 5.97. The number of alkyl halides is 1. The monoisotopic (exact) mass is 219 g/mol. The van der Waals surface area contributed by atoms with Gasteiger partial charge in [-0.2, -0.15) is 0 Å². The van der Waals surface area contributed by atoms with Crippen LogP contribution >= 0.6 is 11.6 Å². The molecule has 0 aromatic carbocycles. The lowest BCUT2D eigenvalue weighted by Crippen LogP contribution is -2.45. The summed E-state index contributed by atoms with van der Waals surface area (Å²) in [5, 5.41) is -0.419. The first-order valence-corrected chi connectivity index (χ1v) is 5.62. The lowest BCUT2D eigenvalue weighted by molar-refractivity contribution is -0.134. The quantitative estimate of drug-likeness (QED) is 0.676. The van der Waals surface area contributed by atoms with Crippen LogP contribution in [-0.4, -0.2) is 42.0 Å². The standard InChI is InChI=1S/C10H18ClNO2/c1-3-12(10(13)8(2)11)9-4-6-14-7-5-9/h8-9H,3-7H2,1-2H3/t8-/m1/s1. The van der Waals surface area contributed by atoms with Gasteiger partial charge in [-0.1, -0.05) is 0 Å². The van der Waals surface area contributed by atoms with Crippen molar-refractivity contribution in [3.05, 3.63) is 0 Å². The fourth-order valence-electron chi connectivity index (χ4n) is 1.82. The first-order chi connectivity index (χ1) is 6.66. The smallest absolute Gasteiger partial charge is 0.240 e. The summed E-state index contributed by atoms with van der Waals surface area (Å²) in [5.74, 6) is 0.0427.